The van der Waals surface area contributed by atoms with Crippen molar-refractivity contribution in [2.75, 3.05) is 0 Å². The highest BCUT2D eigenvalue weighted by atomic mass is 32.2. The number of carboxylic acids is 1. The van der Waals surface area contributed by atoms with Gasteiger partial charge in [-0.25, -0.2) is 14.8 Å². The second-order valence-corrected chi connectivity index (χ2v) is 5.23. The fraction of sp³-hybridized carbons (Fsp3) is 0.100. The predicted molar refractivity (Wildman–Crippen MR) is 62.4 cm³/mol. The molecule has 19 heavy (non-hydrogen) atoms. The van der Waals surface area contributed by atoms with Crippen molar-refractivity contribution in [1.82, 2.24) is 9.97 Å². The molecule has 9 heteroatoms. The van der Waals surface area contributed by atoms with E-state index in [0.29, 0.717) is 4.90 Å². The van der Waals surface area contributed by atoms with Gasteiger partial charge in [0.1, 0.15) is 10.6 Å². The minimum Gasteiger partial charge on any atom is -0.477 e. The number of aromatic nitrogens is 2. The Morgan fingerprint density at radius 1 is 1.42 bits per heavy atom. The molecule has 0 aliphatic heterocycles. The van der Waals surface area contributed by atoms with Crippen LogP contribution >= 0.6 is 23.1 Å². The Hall–Kier alpha value is -1.61. The lowest BCUT2D eigenvalue weighted by Crippen LogP contribution is -2.08. The number of halogens is 3. The number of carboxylic acid groups (broad SMARTS) is 1. The largest absolute Gasteiger partial charge is 0.477 e. The number of aromatic carboxylic acids is 1. The number of hydrogen-bond donors (Lipinski definition) is 1. The van der Waals surface area contributed by atoms with E-state index in [0.717, 1.165) is 35.4 Å². The van der Waals surface area contributed by atoms with Gasteiger partial charge in [0.05, 0.1) is 0 Å². The molecule has 0 atom stereocenters. The lowest BCUT2D eigenvalue weighted by atomic mass is 10.4. The first-order valence-corrected chi connectivity index (χ1v) is 6.46. The summed E-state index contributed by atoms with van der Waals surface area (Å²) < 4.78 is 37.3. The van der Waals surface area contributed by atoms with Crippen LogP contribution < -0.4 is 0 Å². The van der Waals surface area contributed by atoms with E-state index in [2.05, 4.69) is 9.97 Å². The van der Waals surface area contributed by atoms with E-state index in [-0.39, 0.29) is 10.0 Å². The summed E-state index contributed by atoms with van der Waals surface area (Å²) in [4.78, 5) is 18.4. The van der Waals surface area contributed by atoms with Crippen molar-refractivity contribution in [1.29, 1.82) is 0 Å². The standard InChI is InChI=1S/C10H5F3N2O2S2/c11-10(12,13)7-1-2-14-9(15-7)19-5-3-6(8(16)17)18-4-5/h1-4H,(H,16,17). The summed E-state index contributed by atoms with van der Waals surface area (Å²) in [5.74, 6) is -1.08. The van der Waals surface area contributed by atoms with Gasteiger partial charge in [-0.1, -0.05) is 0 Å². The number of alkyl halides is 3. The number of hydrogen-bond acceptors (Lipinski definition) is 5. The number of rotatable bonds is 3. The van der Waals surface area contributed by atoms with E-state index < -0.39 is 17.8 Å². The Labute approximate surface area is 113 Å². The van der Waals surface area contributed by atoms with E-state index in [1.165, 1.54) is 11.4 Å². The lowest BCUT2D eigenvalue weighted by Gasteiger charge is -2.05. The van der Waals surface area contributed by atoms with Gasteiger partial charge in [-0.15, -0.1) is 11.3 Å². The summed E-state index contributed by atoms with van der Waals surface area (Å²) in [7, 11) is 0. The van der Waals surface area contributed by atoms with E-state index in [1.54, 1.807) is 0 Å². The Bertz CT molecular complexity index is 613. The van der Waals surface area contributed by atoms with Crippen LogP contribution in [-0.2, 0) is 6.18 Å². The second-order valence-electron chi connectivity index (χ2n) is 3.28. The van der Waals surface area contributed by atoms with Gasteiger partial charge in [0.25, 0.3) is 0 Å². The highest BCUT2D eigenvalue weighted by Gasteiger charge is 2.32. The zero-order chi connectivity index (χ0) is 14.0. The molecule has 0 aliphatic carbocycles. The molecule has 0 bridgehead atoms. The summed E-state index contributed by atoms with van der Waals surface area (Å²) in [6.07, 6.45) is -3.51. The molecule has 0 saturated heterocycles. The Kier molecular flexibility index (Phi) is 3.76. The minimum atomic E-state index is -4.53. The SMILES string of the molecule is O=C(O)c1cc(Sc2nccc(C(F)(F)F)n2)cs1. The van der Waals surface area contributed by atoms with Crippen molar-refractivity contribution < 1.29 is 23.1 Å². The summed E-state index contributed by atoms with van der Waals surface area (Å²) in [5.41, 5.74) is -1.03. The Morgan fingerprint density at radius 3 is 2.74 bits per heavy atom. The van der Waals surface area contributed by atoms with Gasteiger partial charge < -0.3 is 5.11 Å². The average molecular weight is 306 g/mol. The number of thiophene rings is 1. The monoisotopic (exact) mass is 306 g/mol. The highest BCUT2D eigenvalue weighted by Crippen LogP contribution is 2.32. The van der Waals surface area contributed by atoms with Gasteiger partial charge in [0.15, 0.2) is 5.16 Å². The summed E-state index contributed by atoms with van der Waals surface area (Å²) >= 11 is 1.87. The maximum Gasteiger partial charge on any atom is 0.433 e. The Morgan fingerprint density at radius 2 is 2.16 bits per heavy atom. The van der Waals surface area contributed by atoms with Crippen LogP contribution in [0.3, 0.4) is 0 Å². The molecule has 0 saturated carbocycles. The predicted octanol–water partition coefficient (Wildman–Crippen LogP) is 3.41. The van der Waals surface area contributed by atoms with Gasteiger partial charge in [-0.05, 0) is 23.9 Å². The van der Waals surface area contributed by atoms with Crippen LogP contribution in [0.5, 0.6) is 0 Å². The normalized spacial score (nSPS) is 11.5. The van der Waals surface area contributed by atoms with Gasteiger partial charge in [0, 0.05) is 16.5 Å². The first-order valence-electron chi connectivity index (χ1n) is 4.76. The molecule has 2 heterocycles. The molecule has 2 aromatic heterocycles. The quantitative estimate of drug-likeness (QED) is 0.880. The molecular weight excluding hydrogens is 301 g/mol. The van der Waals surface area contributed by atoms with E-state index in [1.807, 2.05) is 0 Å². The molecule has 0 aromatic carbocycles. The van der Waals surface area contributed by atoms with Crippen LogP contribution in [0.1, 0.15) is 15.4 Å². The fourth-order valence-corrected chi connectivity index (χ4v) is 2.80. The van der Waals surface area contributed by atoms with E-state index in [9.17, 15) is 18.0 Å². The van der Waals surface area contributed by atoms with Crippen LogP contribution in [0.4, 0.5) is 13.2 Å². The molecule has 2 rings (SSSR count). The van der Waals surface area contributed by atoms with Crippen LogP contribution in [0.2, 0.25) is 0 Å². The van der Waals surface area contributed by atoms with E-state index >= 15 is 0 Å². The molecular formula is C10H5F3N2O2S2. The Balaban J connectivity index is 2.21. The van der Waals surface area contributed by atoms with Gasteiger partial charge in [-0.3, -0.25) is 0 Å². The summed E-state index contributed by atoms with van der Waals surface area (Å²) in [5, 5.41) is 10.2. The van der Waals surface area contributed by atoms with Gasteiger partial charge in [-0.2, -0.15) is 13.2 Å². The molecule has 0 fully saturated rings. The van der Waals surface area contributed by atoms with Crippen LogP contribution in [0.15, 0.2) is 33.8 Å². The van der Waals surface area contributed by atoms with Crippen LogP contribution in [0.25, 0.3) is 0 Å². The van der Waals surface area contributed by atoms with Crippen molar-refractivity contribution >= 4 is 29.1 Å². The fourth-order valence-electron chi connectivity index (χ4n) is 1.14. The van der Waals surface area contributed by atoms with Crippen molar-refractivity contribution in [2.45, 2.75) is 16.2 Å². The minimum absolute atomic E-state index is 0.0791. The maximum atomic E-state index is 12.4. The molecule has 1 N–H and O–H groups in total. The summed E-state index contributed by atoms with van der Waals surface area (Å²) in [6.45, 7) is 0. The third kappa shape index (κ3) is 3.44. The first-order chi connectivity index (χ1) is 8.86. The maximum absolute atomic E-state index is 12.4. The zero-order valence-electron chi connectivity index (χ0n) is 9.01. The molecule has 0 radical (unpaired) electrons. The topological polar surface area (TPSA) is 63.1 Å². The molecule has 0 amide bonds. The van der Waals surface area contributed by atoms with Gasteiger partial charge in [0.2, 0.25) is 0 Å². The molecule has 2 aromatic rings. The first kappa shape index (κ1) is 13.8. The smallest absolute Gasteiger partial charge is 0.433 e. The van der Waals surface area contributed by atoms with Crippen molar-refractivity contribution in [2.24, 2.45) is 0 Å². The van der Waals surface area contributed by atoms with Crippen LogP contribution in [-0.4, -0.2) is 21.0 Å². The van der Waals surface area contributed by atoms with E-state index in [4.69, 9.17) is 5.11 Å². The third-order valence-electron chi connectivity index (χ3n) is 1.92. The average Bonchev–Trinajstić information content (AvgIpc) is 2.77. The molecule has 0 aliphatic rings. The molecule has 4 nitrogen and oxygen atoms in total. The lowest BCUT2D eigenvalue weighted by molar-refractivity contribution is -0.141. The van der Waals surface area contributed by atoms with Crippen molar-refractivity contribution in [3.63, 3.8) is 0 Å². The van der Waals surface area contributed by atoms with Crippen molar-refractivity contribution in [3.05, 3.63) is 34.3 Å². The third-order valence-corrected chi connectivity index (χ3v) is 3.84. The molecule has 0 unspecified atom stereocenters. The molecule has 100 valence electrons. The molecule has 0 spiro atoms. The highest BCUT2D eigenvalue weighted by molar-refractivity contribution is 7.99. The number of nitrogens with zero attached hydrogens (tertiary/aromatic N) is 2. The van der Waals surface area contributed by atoms with Gasteiger partial charge >= 0.3 is 12.1 Å². The van der Waals surface area contributed by atoms with Crippen LogP contribution in [0, 0.1) is 0 Å². The number of carbonyl (C=O) groups is 1. The zero-order valence-corrected chi connectivity index (χ0v) is 10.6. The second kappa shape index (κ2) is 5.17. The van der Waals surface area contributed by atoms with Crippen molar-refractivity contribution in [3.8, 4) is 0 Å². The summed E-state index contributed by atoms with van der Waals surface area (Å²) in [6, 6.07) is 2.14.